The summed E-state index contributed by atoms with van der Waals surface area (Å²) in [7, 11) is 4.21. The van der Waals surface area contributed by atoms with Crippen LogP contribution in [0.2, 0.25) is 0 Å². The summed E-state index contributed by atoms with van der Waals surface area (Å²) in [6.45, 7) is 6.81. The lowest BCUT2D eigenvalue weighted by molar-refractivity contribution is 0.410. The minimum absolute atomic E-state index is 0.140. The molecule has 1 atom stereocenters. The van der Waals surface area contributed by atoms with Crippen LogP contribution in [0.1, 0.15) is 36.9 Å². The van der Waals surface area contributed by atoms with Gasteiger partial charge >= 0.3 is 0 Å². The molecule has 0 saturated carbocycles. The highest BCUT2D eigenvalue weighted by atomic mass is 32.1. The molecule has 4 heteroatoms. The molecule has 1 aromatic heterocycles. The maximum Gasteiger partial charge on any atom is 0.0946 e. The molecular weight excluding hydrogens is 230 g/mol. The van der Waals surface area contributed by atoms with Gasteiger partial charge in [0.15, 0.2) is 0 Å². The van der Waals surface area contributed by atoms with E-state index in [4.69, 9.17) is 4.98 Å². The van der Waals surface area contributed by atoms with Crippen LogP contribution in [-0.4, -0.2) is 42.6 Å². The lowest BCUT2D eigenvalue weighted by atomic mass is 10.0. The van der Waals surface area contributed by atoms with Crippen molar-refractivity contribution in [2.24, 2.45) is 0 Å². The van der Waals surface area contributed by atoms with Gasteiger partial charge < -0.3 is 10.2 Å². The summed E-state index contributed by atoms with van der Waals surface area (Å²) in [4.78, 5) is 7.20. The lowest BCUT2D eigenvalue weighted by Gasteiger charge is -2.22. The van der Waals surface area contributed by atoms with Gasteiger partial charge in [-0.05, 0) is 40.9 Å². The third kappa shape index (κ3) is 3.27. The molecule has 0 spiro atoms. The van der Waals surface area contributed by atoms with Crippen LogP contribution in [0.25, 0.3) is 0 Å². The molecule has 0 aromatic carbocycles. The molecule has 17 heavy (non-hydrogen) atoms. The van der Waals surface area contributed by atoms with Crippen LogP contribution in [0.15, 0.2) is 5.38 Å². The van der Waals surface area contributed by atoms with Gasteiger partial charge in [0.25, 0.3) is 0 Å². The number of hydrogen-bond donors (Lipinski definition) is 1. The van der Waals surface area contributed by atoms with Crippen LogP contribution in [0, 0.1) is 0 Å². The Kier molecular flexibility index (Phi) is 3.85. The van der Waals surface area contributed by atoms with Gasteiger partial charge in [0.1, 0.15) is 0 Å². The number of aromatic nitrogens is 1. The standard InChI is InChI=1S/C13H23N3S/c1-13(2,14-3)7-12-15-11(9-17-12)10-5-6-16(4)8-10/h9-10,14H,5-8H2,1-4H3. The Hall–Kier alpha value is -0.450. The monoisotopic (exact) mass is 253 g/mol. The second-order valence-corrected chi connectivity index (χ2v) is 6.67. The fraction of sp³-hybridized carbons (Fsp3) is 0.769. The van der Waals surface area contributed by atoms with Gasteiger partial charge in [-0.1, -0.05) is 0 Å². The van der Waals surface area contributed by atoms with E-state index in [1.165, 1.54) is 30.2 Å². The predicted octanol–water partition coefficient (Wildman–Crippen LogP) is 2.10. The zero-order chi connectivity index (χ0) is 12.5. The van der Waals surface area contributed by atoms with Gasteiger partial charge in [-0.15, -0.1) is 11.3 Å². The minimum Gasteiger partial charge on any atom is -0.314 e. The Labute approximate surface area is 108 Å². The maximum absolute atomic E-state index is 4.81. The summed E-state index contributed by atoms with van der Waals surface area (Å²) in [6.07, 6.45) is 2.27. The lowest BCUT2D eigenvalue weighted by Crippen LogP contribution is -2.38. The van der Waals surface area contributed by atoms with E-state index in [1.54, 1.807) is 0 Å². The molecule has 96 valence electrons. The summed E-state index contributed by atoms with van der Waals surface area (Å²) in [6, 6.07) is 0. The maximum atomic E-state index is 4.81. The van der Waals surface area contributed by atoms with Crippen molar-refractivity contribution in [2.75, 3.05) is 27.2 Å². The summed E-state index contributed by atoms with van der Waals surface area (Å²) in [5.74, 6) is 0.655. The van der Waals surface area contributed by atoms with Crippen LogP contribution in [0.3, 0.4) is 0 Å². The second-order valence-electron chi connectivity index (χ2n) is 5.72. The third-order valence-electron chi connectivity index (χ3n) is 3.65. The van der Waals surface area contributed by atoms with Gasteiger partial charge in [0, 0.05) is 29.8 Å². The number of rotatable bonds is 4. The molecule has 1 aliphatic rings. The van der Waals surface area contributed by atoms with Crippen LogP contribution >= 0.6 is 11.3 Å². The van der Waals surface area contributed by atoms with Gasteiger partial charge in [0.05, 0.1) is 10.7 Å². The summed E-state index contributed by atoms with van der Waals surface area (Å²) >= 11 is 1.81. The van der Waals surface area contributed by atoms with Crippen molar-refractivity contribution in [3.63, 3.8) is 0 Å². The first-order chi connectivity index (χ1) is 8.00. The van der Waals surface area contributed by atoms with Gasteiger partial charge in [-0.25, -0.2) is 4.98 Å². The van der Waals surface area contributed by atoms with Gasteiger partial charge in [0.2, 0.25) is 0 Å². The summed E-state index contributed by atoms with van der Waals surface area (Å²) in [5, 5.41) is 6.85. The second kappa shape index (κ2) is 5.04. The Morgan fingerprint density at radius 1 is 1.59 bits per heavy atom. The molecule has 0 bridgehead atoms. The van der Waals surface area contributed by atoms with E-state index in [0.717, 1.165) is 6.42 Å². The number of likely N-dealkylation sites (tertiary alicyclic amines) is 1. The van der Waals surface area contributed by atoms with E-state index in [0.29, 0.717) is 5.92 Å². The highest BCUT2D eigenvalue weighted by molar-refractivity contribution is 7.09. The van der Waals surface area contributed by atoms with Gasteiger partial charge in [-0.3, -0.25) is 0 Å². The number of thiazole rings is 1. The van der Waals surface area contributed by atoms with Crippen LogP contribution in [-0.2, 0) is 6.42 Å². The van der Waals surface area contributed by atoms with Crippen molar-refractivity contribution in [1.82, 2.24) is 15.2 Å². The summed E-state index contributed by atoms with van der Waals surface area (Å²) in [5.41, 5.74) is 1.45. The SMILES string of the molecule is CNC(C)(C)Cc1nc(C2CCN(C)C2)cs1. The Morgan fingerprint density at radius 2 is 2.35 bits per heavy atom. The molecule has 1 fully saturated rings. The van der Waals surface area contributed by atoms with Crippen molar-refractivity contribution in [2.45, 2.75) is 38.1 Å². The van der Waals surface area contributed by atoms with E-state index in [1.807, 2.05) is 18.4 Å². The Bertz CT molecular complexity index is 372. The van der Waals surface area contributed by atoms with Crippen LogP contribution < -0.4 is 5.32 Å². The van der Waals surface area contributed by atoms with Crippen molar-refractivity contribution in [1.29, 1.82) is 0 Å². The molecule has 0 radical (unpaired) electrons. The molecule has 1 N–H and O–H groups in total. The molecule has 1 aromatic rings. The van der Waals surface area contributed by atoms with E-state index in [-0.39, 0.29) is 5.54 Å². The normalized spacial score (nSPS) is 22.2. The molecule has 2 heterocycles. The number of nitrogens with zero attached hydrogens (tertiary/aromatic N) is 2. The highest BCUT2D eigenvalue weighted by Crippen LogP contribution is 2.28. The minimum atomic E-state index is 0.140. The molecule has 1 saturated heterocycles. The van der Waals surface area contributed by atoms with Crippen molar-refractivity contribution in [3.05, 3.63) is 16.1 Å². The van der Waals surface area contributed by atoms with Crippen molar-refractivity contribution < 1.29 is 0 Å². The average molecular weight is 253 g/mol. The van der Waals surface area contributed by atoms with E-state index < -0.39 is 0 Å². The largest absolute Gasteiger partial charge is 0.314 e. The topological polar surface area (TPSA) is 28.2 Å². The fourth-order valence-electron chi connectivity index (χ4n) is 2.24. The first-order valence-electron chi connectivity index (χ1n) is 6.32. The summed E-state index contributed by atoms with van der Waals surface area (Å²) < 4.78 is 0. The van der Waals surface area contributed by atoms with Crippen molar-refractivity contribution in [3.8, 4) is 0 Å². The predicted molar refractivity (Wildman–Crippen MR) is 73.8 cm³/mol. The fourth-order valence-corrected chi connectivity index (χ4v) is 3.34. The van der Waals surface area contributed by atoms with Crippen LogP contribution in [0.5, 0.6) is 0 Å². The molecule has 1 unspecified atom stereocenters. The quantitative estimate of drug-likeness (QED) is 0.891. The van der Waals surface area contributed by atoms with Crippen molar-refractivity contribution >= 4 is 11.3 Å². The number of likely N-dealkylation sites (N-methyl/N-ethyl adjacent to an activating group) is 2. The number of nitrogens with one attached hydrogen (secondary N) is 1. The molecule has 3 nitrogen and oxygen atoms in total. The van der Waals surface area contributed by atoms with Crippen LogP contribution in [0.4, 0.5) is 0 Å². The van der Waals surface area contributed by atoms with E-state index in [9.17, 15) is 0 Å². The third-order valence-corrected chi connectivity index (χ3v) is 4.52. The van der Waals surface area contributed by atoms with E-state index in [2.05, 4.69) is 36.5 Å². The first kappa shape index (κ1) is 13.0. The van der Waals surface area contributed by atoms with E-state index >= 15 is 0 Å². The first-order valence-corrected chi connectivity index (χ1v) is 7.20. The molecule has 1 aliphatic heterocycles. The smallest absolute Gasteiger partial charge is 0.0946 e. The highest BCUT2D eigenvalue weighted by Gasteiger charge is 2.24. The molecule has 0 amide bonds. The zero-order valence-electron chi connectivity index (χ0n) is 11.3. The molecular formula is C13H23N3S. The zero-order valence-corrected chi connectivity index (χ0v) is 12.1. The van der Waals surface area contributed by atoms with Gasteiger partial charge in [-0.2, -0.15) is 0 Å². The molecule has 0 aliphatic carbocycles. The Balaban J connectivity index is 2.01. The number of hydrogen-bond acceptors (Lipinski definition) is 4. The average Bonchev–Trinajstić information content (AvgIpc) is 2.86. The molecule has 2 rings (SSSR count). The Morgan fingerprint density at radius 3 is 2.94 bits per heavy atom.